The van der Waals surface area contributed by atoms with Crippen molar-refractivity contribution in [1.29, 1.82) is 0 Å². The van der Waals surface area contributed by atoms with Crippen LogP contribution in [0, 0.1) is 13.8 Å². The molecule has 0 unspecified atom stereocenters. The summed E-state index contributed by atoms with van der Waals surface area (Å²) in [4.78, 5) is 39.3. The first-order valence-corrected chi connectivity index (χ1v) is 13.2. The van der Waals surface area contributed by atoms with Crippen molar-refractivity contribution in [2.45, 2.75) is 75.2 Å². The molecule has 0 saturated carbocycles. The average Bonchev–Trinajstić information content (AvgIpc) is 3.20. The summed E-state index contributed by atoms with van der Waals surface area (Å²) >= 11 is 0. The number of allylic oxidation sites excluding steroid dienone is 5. The minimum Gasteiger partial charge on any atom is -0.356 e. The van der Waals surface area contributed by atoms with E-state index < -0.39 is 6.67 Å². The number of aldehydes is 1. The summed E-state index contributed by atoms with van der Waals surface area (Å²) in [6, 6.07) is 0. The Hall–Kier alpha value is -3.00. The summed E-state index contributed by atoms with van der Waals surface area (Å²) in [5, 5.41) is 5.58. The lowest BCUT2D eigenvalue weighted by molar-refractivity contribution is -0.120. The van der Waals surface area contributed by atoms with E-state index in [0.29, 0.717) is 36.2 Å². The molecule has 1 aromatic rings. The van der Waals surface area contributed by atoms with Crippen LogP contribution < -0.4 is 10.6 Å². The minimum atomic E-state index is -0.475. The smallest absolute Gasteiger partial charge is 0.253 e. The number of aromatic nitrogens is 1. The van der Waals surface area contributed by atoms with Crippen molar-refractivity contribution in [3.63, 3.8) is 0 Å². The molecule has 0 aliphatic heterocycles. The fourth-order valence-electron chi connectivity index (χ4n) is 3.08. The Bertz CT molecular complexity index is 825. The van der Waals surface area contributed by atoms with Crippen LogP contribution in [0.2, 0.25) is 0 Å². The molecule has 37 heavy (non-hydrogen) atoms. The van der Waals surface area contributed by atoms with E-state index in [9.17, 15) is 18.8 Å². The highest BCUT2D eigenvalue weighted by molar-refractivity contribution is 5.99. The number of hydrogen-bond acceptors (Lipinski definition) is 4. The molecule has 0 atom stereocenters. The number of likely N-dealkylation sites (N-methyl/N-ethyl adjacent to an activating group) is 1. The Labute approximate surface area is 224 Å². The molecule has 0 aromatic carbocycles. The molecular weight excluding hydrogens is 471 g/mol. The average molecular weight is 523 g/mol. The van der Waals surface area contributed by atoms with Gasteiger partial charge in [0.15, 0.2) is 6.29 Å². The molecule has 1 rings (SSSR count). The summed E-state index contributed by atoms with van der Waals surface area (Å²) in [7, 11) is 0. The fourth-order valence-corrected chi connectivity index (χ4v) is 3.08. The third-order valence-corrected chi connectivity index (χ3v) is 4.93. The van der Waals surface area contributed by atoms with Crippen molar-refractivity contribution in [2.75, 3.05) is 32.9 Å². The van der Waals surface area contributed by atoms with Crippen LogP contribution in [-0.4, -0.2) is 60.8 Å². The first kappa shape index (κ1) is 38.5. The van der Waals surface area contributed by atoms with Crippen LogP contribution in [0.3, 0.4) is 0 Å². The SMILES string of the molecule is C=C/C=C(\C)NC(=O)CC/C=C/CF.CC.CC.CCN(CC)CCNC(=O)c1c(C)[nH]c(C=O)c1C. The molecule has 8 heteroatoms. The number of H-pyrrole nitrogens is 1. The molecule has 3 N–H and O–H groups in total. The summed E-state index contributed by atoms with van der Waals surface area (Å²) in [6.45, 7) is 24.0. The van der Waals surface area contributed by atoms with E-state index in [1.54, 1.807) is 39.0 Å². The van der Waals surface area contributed by atoms with Crippen LogP contribution in [0.15, 0.2) is 36.6 Å². The van der Waals surface area contributed by atoms with Crippen molar-refractivity contribution in [1.82, 2.24) is 20.5 Å². The number of rotatable bonds is 13. The number of alkyl halides is 1. The van der Waals surface area contributed by atoms with E-state index in [0.717, 1.165) is 37.3 Å². The highest BCUT2D eigenvalue weighted by atomic mass is 19.1. The number of aromatic amines is 1. The van der Waals surface area contributed by atoms with Crippen LogP contribution in [-0.2, 0) is 4.79 Å². The predicted octanol–water partition coefficient (Wildman–Crippen LogP) is 6.07. The van der Waals surface area contributed by atoms with Gasteiger partial charge < -0.3 is 20.5 Å². The van der Waals surface area contributed by atoms with Crippen molar-refractivity contribution < 1.29 is 18.8 Å². The second-order valence-electron chi connectivity index (χ2n) is 7.36. The quantitative estimate of drug-likeness (QED) is 0.167. The van der Waals surface area contributed by atoms with Gasteiger partial charge in [0.05, 0.1) is 11.3 Å². The van der Waals surface area contributed by atoms with Crippen LogP contribution in [0.5, 0.6) is 0 Å². The van der Waals surface area contributed by atoms with E-state index >= 15 is 0 Å². The number of aryl methyl sites for hydroxylation is 1. The number of nitrogens with zero attached hydrogens (tertiary/aromatic N) is 1. The van der Waals surface area contributed by atoms with Gasteiger partial charge in [0.1, 0.15) is 6.67 Å². The van der Waals surface area contributed by atoms with Gasteiger partial charge in [0.2, 0.25) is 5.91 Å². The molecule has 1 heterocycles. The minimum absolute atomic E-state index is 0.0656. The first-order valence-electron chi connectivity index (χ1n) is 13.2. The third-order valence-electron chi connectivity index (χ3n) is 4.93. The molecule has 7 nitrogen and oxygen atoms in total. The topological polar surface area (TPSA) is 94.3 Å². The molecule has 0 fully saturated rings. The molecule has 0 bridgehead atoms. The molecule has 1 aromatic heterocycles. The van der Waals surface area contributed by atoms with Crippen molar-refractivity contribution in [3.8, 4) is 0 Å². The molecule has 0 spiro atoms. The van der Waals surface area contributed by atoms with Gasteiger partial charge in [-0.05, 0) is 51.9 Å². The van der Waals surface area contributed by atoms with E-state index in [2.05, 4.69) is 40.9 Å². The molecule has 2 amide bonds. The zero-order chi connectivity index (χ0) is 29.2. The number of carbonyl (C=O) groups excluding carboxylic acids is 3. The highest BCUT2D eigenvalue weighted by Crippen LogP contribution is 2.16. The van der Waals surface area contributed by atoms with E-state index in [1.165, 1.54) is 6.08 Å². The zero-order valence-electron chi connectivity index (χ0n) is 24.6. The Balaban J connectivity index is -0.000000570. The van der Waals surface area contributed by atoms with Gasteiger partial charge in [-0.25, -0.2) is 4.39 Å². The standard InChI is InChI=1S/C14H23N3O2.C11H16FNO.2C2H6/c1-5-17(6-2)8-7-15-14(19)13-10(3)12(9-18)16-11(13)4;1-3-7-10(2)13-11(14)8-5-4-6-9-12;2*1-2/h9,16H,5-8H2,1-4H3,(H,15,19);3-4,6-7H,1,5,8-9H2,2H3,(H,13,14);2*1-2H3/b;6-4+,10-7+;;. The van der Waals surface area contributed by atoms with Crippen molar-refractivity contribution in [2.24, 2.45) is 0 Å². The number of hydrogen-bond donors (Lipinski definition) is 3. The lowest BCUT2D eigenvalue weighted by Crippen LogP contribution is -2.35. The molecular formula is C29H51FN4O3. The second kappa shape index (κ2) is 26.1. The van der Waals surface area contributed by atoms with Crippen LogP contribution in [0.25, 0.3) is 0 Å². The number of amides is 2. The Morgan fingerprint density at radius 1 is 1.08 bits per heavy atom. The Kier molecular flexibility index (Phi) is 27.2. The first-order chi connectivity index (χ1) is 17.7. The number of carbonyl (C=O) groups is 3. The van der Waals surface area contributed by atoms with Crippen molar-refractivity contribution >= 4 is 18.1 Å². The van der Waals surface area contributed by atoms with Gasteiger partial charge in [-0.3, -0.25) is 14.4 Å². The van der Waals surface area contributed by atoms with Gasteiger partial charge in [-0.1, -0.05) is 66.3 Å². The summed E-state index contributed by atoms with van der Waals surface area (Å²) in [5.41, 5.74) is 3.28. The predicted molar refractivity (Wildman–Crippen MR) is 155 cm³/mol. The summed E-state index contributed by atoms with van der Waals surface area (Å²) in [6.07, 6.45) is 8.07. The van der Waals surface area contributed by atoms with Crippen LogP contribution >= 0.6 is 0 Å². The maximum atomic E-state index is 12.1. The van der Waals surface area contributed by atoms with E-state index in [4.69, 9.17) is 0 Å². The number of nitrogens with one attached hydrogen (secondary N) is 3. The molecule has 0 saturated heterocycles. The molecule has 0 aliphatic rings. The fraction of sp³-hybridized carbons (Fsp3) is 0.552. The van der Waals surface area contributed by atoms with E-state index in [-0.39, 0.29) is 11.8 Å². The van der Waals surface area contributed by atoms with Gasteiger partial charge >= 0.3 is 0 Å². The lowest BCUT2D eigenvalue weighted by Gasteiger charge is -2.18. The maximum Gasteiger partial charge on any atom is 0.253 e. The zero-order valence-corrected chi connectivity index (χ0v) is 24.6. The Morgan fingerprint density at radius 3 is 2.14 bits per heavy atom. The van der Waals surface area contributed by atoms with Gasteiger partial charge in [-0.2, -0.15) is 0 Å². The van der Waals surface area contributed by atoms with Gasteiger partial charge in [0, 0.05) is 30.9 Å². The van der Waals surface area contributed by atoms with Crippen LogP contribution in [0.4, 0.5) is 4.39 Å². The summed E-state index contributed by atoms with van der Waals surface area (Å²) in [5.74, 6) is -0.185. The molecule has 212 valence electrons. The third kappa shape index (κ3) is 18.0. The number of halogens is 1. The van der Waals surface area contributed by atoms with Crippen LogP contribution in [0.1, 0.15) is 93.4 Å². The summed E-state index contributed by atoms with van der Waals surface area (Å²) < 4.78 is 11.6. The largest absolute Gasteiger partial charge is 0.356 e. The van der Waals surface area contributed by atoms with Gasteiger partial charge in [-0.15, -0.1) is 0 Å². The highest BCUT2D eigenvalue weighted by Gasteiger charge is 2.17. The molecule has 0 aliphatic carbocycles. The Morgan fingerprint density at radius 2 is 1.68 bits per heavy atom. The maximum absolute atomic E-state index is 12.1. The lowest BCUT2D eigenvalue weighted by atomic mass is 10.1. The van der Waals surface area contributed by atoms with Crippen molar-refractivity contribution in [3.05, 3.63) is 59.1 Å². The second-order valence-corrected chi connectivity index (χ2v) is 7.36. The molecule has 0 radical (unpaired) electrons. The monoisotopic (exact) mass is 522 g/mol. The normalized spacial score (nSPS) is 10.3. The van der Waals surface area contributed by atoms with Gasteiger partial charge in [0.25, 0.3) is 5.91 Å². The van der Waals surface area contributed by atoms with E-state index in [1.807, 2.05) is 27.7 Å².